The van der Waals surface area contributed by atoms with E-state index >= 15 is 0 Å². The Bertz CT molecular complexity index is 806. The van der Waals surface area contributed by atoms with Gasteiger partial charge in [-0.1, -0.05) is 35.9 Å². The second-order valence-corrected chi connectivity index (χ2v) is 7.50. The Labute approximate surface area is 171 Å². The van der Waals surface area contributed by atoms with Gasteiger partial charge in [0.25, 0.3) is 5.91 Å². The van der Waals surface area contributed by atoms with Crippen LogP contribution in [0.15, 0.2) is 42.5 Å². The van der Waals surface area contributed by atoms with E-state index in [0.717, 1.165) is 44.0 Å². The number of hydrogen-bond donors (Lipinski definition) is 1. The maximum atomic E-state index is 12.4. The van der Waals surface area contributed by atoms with Crippen LogP contribution in [0.3, 0.4) is 0 Å². The molecule has 150 valence electrons. The summed E-state index contributed by atoms with van der Waals surface area (Å²) in [6.45, 7) is 8.53. The first-order chi connectivity index (χ1) is 13.5. The molecule has 3 rings (SSSR count). The van der Waals surface area contributed by atoms with Crippen molar-refractivity contribution in [2.24, 2.45) is 0 Å². The zero-order chi connectivity index (χ0) is 19.9. The highest BCUT2D eigenvalue weighted by Crippen LogP contribution is 2.22. The van der Waals surface area contributed by atoms with E-state index in [-0.39, 0.29) is 5.91 Å². The van der Waals surface area contributed by atoms with E-state index < -0.39 is 6.10 Å². The Kier molecular flexibility index (Phi) is 7.31. The normalized spacial score (nSPS) is 15.8. The molecule has 1 fully saturated rings. The number of ether oxygens (including phenoxy) is 2. The lowest BCUT2D eigenvalue weighted by atomic mass is 10.1. The number of nitrogens with zero attached hydrogens (tertiary/aromatic N) is 1. The number of hydrogen-bond acceptors (Lipinski definition) is 4. The van der Waals surface area contributed by atoms with E-state index in [9.17, 15) is 4.79 Å². The summed E-state index contributed by atoms with van der Waals surface area (Å²) in [6, 6.07) is 13.7. The van der Waals surface area contributed by atoms with E-state index in [1.165, 1.54) is 5.56 Å². The van der Waals surface area contributed by atoms with Crippen LogP contribution in [0.2, 0.25) is 5.02 Å². The topological polar surface area (TPSA) is 50.8 Å². The van der Waals surface area contributed by atoms with Gasteiger partial charge in [0.15, 0.2) is 6.10 Å². The van der Waals surface area contributed by atoms with E-state index in [0.29, 0.717) is 17.3 Å². The largest absolute Gasteiger partial charge is 0.481 e. The number of nitrogens with one attached hydrogen (secondary N) is 1. The van der Waals surface area contributed by atoms with E-state index in [2.05, 4.69) is 22.3 Å². The molecule has 1 aliphatic heterocycles. The van der Waals surface area contributed by atoms with Gasteiger partial charge in [0.2, 0.25) is 0 Å². The Morgan fingerprint density at radius 1 is 1.21 bits per heavy atom. The predicted octanol–water partition coefficient (Wildman–Crippen LogP) is 3.56. The molecule has 0 aromatic heterocycles. The van der Waals surface area contributed by atoms with Gasteiger partial charge in [0.1, 0.15) is 5.75 Å². The third-order valence-corrected chi connectivity index (χ3v) is 5.20. The fourth-order valence-electron chi connectivity index (χ4n) is 3.14. The van der Waals surface area contributed by atoms with E-state index in [1.807, 2.05) is 25.1 Å². The number of morpholine rings is 1. The first-order valence-electron chi connectivity index (χ1n) is 9.60. The molecule has 2 aromatic carbocycles. The number of halogens is 1. The molecule has 2 aromatic rings. The van der Waals surface area contributed by atoms with Crippen molar-refractivity contribution in [2.75, 3.05) is 26.3 Å². The summed E-state index contributed by atoms with van der Waals surface area (Å²) in [5.41, 5.74) is 3.24. The standard InChI is InChI=1S/C22H27ClN2O3/c1-16-12-20(6-7-21(16)23)28-17(2)22(26)24-14-18-4-3-5-19(13-18)15-25-8-10-27-11-9-25/h3-7,12-13,17H,8-11,14-15H2,1-2H3,(H,24,26)/t17-/m0/s1. The van der Waals surface area contributed by atoms with Crippen molar-refractivity contribution in [3.63, 3.8) is 0 Å². The Hall–Kier alpha value is -2.08. The number of amides is 1. The third kappa shape index (κ3) is 5.96. The highest BCUT2D eigenvalue weighted by molar-refractivity contribution is 6.31. The summed E-state index contributed by atoms with van der Waals surface area (Å²) in [6.07, 6.45) is -0.586. The Morgan fingerprint density at radius 2 is 1.96 bits per heavy atom. The smallest absolute Gasteiger partial charge is 0.261 e. The molecule has 6 heteroatoms. The molecular weight excluding hydrogens is 376 g/mol. The summed E-state index contributed by atoms with van der Waals surface area (Å²) in [7, 11) is 0. The molecule has 1 heterocycles. The molecule has 1 atom stereocenters. The molecular formula is C22H27ClN2O3. The summed E-state index contributed by atoms with van der Waals surface area (Å²) in [5, 5.41) is 3.63. The van der Waals surface area contributed by atoms with Crippen molar-refractivity contribution in [1.29, 1.82) is 0 Å². The van der Waals surface area contributed by atoms with Crippen LogP contribution in [-0.2, 0) is 22.6 Å². The summed E-state index contributed by atoms with van der Waals surface area (Å²) >= 11 is 6.03. The first-order valence-corrected chi connectivity index (χ1v) is 9.97. The summed E-state index contributed by atoms with van der Waals surface area (Å²) < 4.78 is 11.1. The van der Waals surface area contributed by atoms with Crippen molar-refractivity contribution in [3.05, 3.63) is 64.2 Å². The zero-order valence-electron chi connectivity index (χ0n) is 16.4. The Balaban J connectivity index is 1.50. The monoisotopic (exact) mass is 402 g/mol. The lowest BCUT2D eigenvalue weighted by Gasteiger charge is -2.26. The SMILES string of the molecule is Cc1cc(O[C@@H](C)C(=O)NCc2cccc(CN3CCOCC3)c2)ccc1Cl. The van der Waals surface area contributed by atoms with Gasteiger partial charge >= 0.3 is 0 Å². The van der Waals surface area contributed by atoms with Gasteiger partial charge in [-0.2, -0.15) is 0 Å². The highest BCUT2D eigenvalue weighted by atomic mass is 35.5. The molecule has 1 aliphatic rings. The maximum absolute atomic E-state index is 12.4. The van der Waals surface area contributed by atoms with Crippen LogP contribution in [0.5, 0.6) is 5.75 Å². The van der Waals surface area contributed by atoms with Gasteiger partial charge in [-0.3, -0.25) is 9.69 Å². The first kappa shape index (κ1) is 20.6. The molecule has 5 nitrogen and oxygen atoms in total. The number of aryl methyl sites for hydroxylation is 1. The van der Waals surface area contributed by atoms with Crippen molar-refractivity contribution >= 4 is 17.5 Å². The number of rotatable bonds is 7. The second kappa shape index (κ2) is 9.92. The van der Waals surface area contributed by atoms with Gasteiger partial charge in [0, 0.05) is 31.2 Å². The van der Waals surface area contributed by atoms with Gasteiger partial charge in [-0.05, 0) is 48.7 Å². The average molecular weight is 403 g/mol. The molecule has 1 saturated heterocycles. The van der Waals surface area contributed by atoms with Crippen LogP contribution in [0, 0.1) is 6.92 Å². The molecule has 0 aliphatic carbocycles. The maximum Gasteiger partial charge on any atom is 0.261 e. The van der Waals surface area contributed by atoms with E-state index in [1.54, 1.807) is 19.1 Å². The molecule has 1 N–H and O–H groups in total. The van der Waals surface area contributed by atoms with Gasteiger partial charge in [0.05, 0.1) is 13.2 Å². The minimum Gasteiger partial charge on any atom is -0.481 e. The lowest BCUT2D eigenvalue weighted by molar-refractivity contribution is -0.127. The quantitative estimate of drug-likeness (QED) is 0.769. The average Bonchev–Trinajstić information content (AvgIpc) is 2.70. The molecule has 0 saturated carbocycles. The van der Waals surface area contributed by atoms with Crippen molar-refractivity contribution in [2.45, 2.75) is 33.0 Å². The second-order valence-electron chi connectivity index (χ2n) is 7.10. The predicted molar refractivity (Wildman–Crippen MR) is 111 cm³/mol. The molecule has 28 heavy (non-hydrogen) atoms. The zero-order valence-corrected chi connectivity index (χ0v) is 17.2. The lowest BCUT2D eigenvalue weighted by Crippen LogP contribution is -2.36. The summed E-state index contributed by atoms with van der Waals surface area (Å²) in [4.78, 5) is 14.8. The molecule has 0 spiro atoms. The number of carbonyl (C=O) groups is 1. The van der Waals surface area contributed by atoms with Crippen LogP contribution in [0.4, 0.5) is 0 Å². The number of benzene rings is 2. The van der Waals surface area contributed by atoms with Gasteiger partial charge < -0.3 is 14.8 Å². The van der Waals surface area contributed by atoms with Crippen molar-refractivity contribution < 1.29 is 14.3 Å². The number of carbonyl (C=O) groups excluding carboxylic acids is 1. The van der Waals surface area contributed by atoms with Crippen LogP contribution >= 0.6 is 11.6 Å². The van der Waals surface area contributed by atoms with Crippen molar-refractivity contribution in [1.82, 2.24) is 10.2 Å². The highest BCUT2D eigenvalue weighted by Gasteiger charge is 2.15. The third-order valence-electron chi connectivity index (χ3n) is 4.78. The van der Waals surface area contributed by atoms with Crippen LogP contribution < -0.4 is 10.1 Å². The fourth-order valence-corrected chi connectivity index (χ4v) is 3.25. The van der Waals surface area contributed by atoms with Gasteiger partial charge in [-0.15, -0.1) is 0 Å². The molecule has 1 amide bonds. The minimum absolute atomic E-state index is 0.147. The Morgan fingerprint density at radius 3 is 2.71 bits per heavy atom. The van der Waals surface area contributed by atoms with Gasteiger partial charge in [-0.25, -0.2) is 0 Å². The van der Waals surface area contributed by atoms with E-state index in [4.69, 9.17) is 21.1 Å². The minimum atomic E-state index is -0.586. The van der Waals surface area contributed by atoms with Crippen molar-refractivity contribution in [3.8, 4) is 5.75 Å². The molecule has 0 unspecified atom stereocenters. The van der Waals surface area contributed by atoms with Crippen LogP contribution in [-0.4, -0.2) is 43.2 Å². The molecule has 0 bridgehead atoms. The fraction of sp³-hybridized carbons (Fsp3) is 0.409. The summed E-state index contributed by atoms with van der Waals surface area (Å²) in [5.74, 6) is 0.489. The van der Waals surface area contributed by atoms with Crippen LogP contribution in [0.25, 0.3) is 0 Å². The van der Waals surface area contributed by atoms with Crippen LogP contribution in [0.1, 0.15) is 23.6 Å². The molecule has 0 radical (unpaired) electrons.